The summed E-state index contributed by atoms with van der Waals surface area (Å²) < 4.78 is 27.6. The molecule has 1 amide bonds. The van der Waals surface area contributed by atoms with Crippen LogP contribution in [0.25, 0.3) is 0 Å². The number of methoxy groups -OCH3 is 1. The number of nitrogens with two attached hydrogens (primary N) is 1. The fourth-order valence-corrected chi connectivity index (χ4v) is 2.06. The van der Waals surface area contributed by atoms with E-state index < -0.39 is 10.0 Å². The maximum absolute atomic E-state index is 12.0. The van der Waals surface area contributed by atoms with Crippen LogP contribution in [0.1, 0.15) is 30.1 Å². The number of carbonyl (C=O) groups is 1. The van der Waals surface area contributed by atoms with E-state index in [2.05, 4.69) is 5.32 Å². The average Bonchev–Trinajstić information content (AvgIpc) is 2.37. The molecule has 1 aromatic carbocycles. The summed E-state index contributed by atoms with van der Waals surface area (Å²) in [6.45, 7) is 2.53. The maximum Gasteiger partial charge on any atom is 0.255 e. The van der Waals surface area contributed by atoms with Gasteiger partial charge >= 0.3 is 0 Å². The van der Waals surface area contributed by atoms with Gasteiger partial charge in [0.05, 0.1) is 17.6 Å². The van der Waals surface area contributed by atoms with Gasteiger partial charge in [0, 0.05) is 6.54 Å². The monoisotopic (exact) mass is 286 g/mol. The Morgan fingerprint density at radius 2 is 2.11 bits per heavy atom. The van der Waals surface area contributed by atoms with Crippen molar-refractivity contribution in [2.24, 2.45) is 5.14 Å². The highest BCUT2D eigenvalue weighted by atomic mass is 32.2. The molecule has 0 fully saturated rings. The van der Waals surface area contributed by atoms with Crippen LogP contribution in [0.15, 0.2) is 23.1 Å². The zero-order chi connectivity index (χ0) is 14.5. The first-order valence-corrected chi connectivity index (χ1v) is 7.43. The molecule has 19 heavy (non-hydrogen) atoms. The lowest BCUT2D eigenvalue weighted by molar-refractivity contribution is 0.0950. The highest BCUT2D eigenvalue weighted by molar-refractivity contribution is 7.89. The van der Waals surface area contributed by atoms with Crippen molar-refractivity contribution >= 4 is 15.9 Å². The summed E-state index contributed by atoms with van der Waals surface area (Å²) in [6.07, 6.45) is 1.80. The summed E-state index contributed by atoms with van der Waals surface area (Å²) in [5, 5.41) is 7.74. The van der Waals surface area contributed by atoms with Gasteiger partial charge in [-0.05, 0) is 24.6 Å². The van der Waals surface area contributed by atoms with Gasteiger partial charge in [-0.2, -0.15) is 0 Å². The molecular weight excluding hydrogens is 268 g/mol. The van der Waals surface area contributed by atoms with E-state index in [4.69, 9.17) is 9.88 Å². The number of primary sulfonamides is 1. The molecule has 6 nitrogen and oxygen atoms in total. The van der Waals surface area contributed by atoms with Crippen molar-refractivity contribution in [3.63, 3.8) is 0 Å². The predicted octanol–water partition coefficient (Wildman–Crippen LogP) is 0.873. The van der Waals surface area contributed by atoms with Gasteiger partial charge in [0.25, 0.3) is 5.91 Å². The summed E-state index contributed by atoms with van der Waals surface area (Å²) in [4.78, 5) is 11.8. The van der Waals surface area contributed by atoms with Crippen molar-refractivity contribution in [1.82, 2.24) is 5.32 Å². The third kappa shape index (κ3) is 4.22. The quantitative estimate of drug-likeness (QED) is 0.758. The van der Waals surface area contributed by atoms with Crippen LogP contribution in [0.4, 0.5) is 0 Å². The van der Waals surface area contributed by atoms with Crippen LogP contribution in [-0.2, 0) is 10.0 Å². The minimum Gasteiger partial charge on any atom is -0.496 e. The third-order valence-electron chi connectivity index (χ3n) is 2.56. The molecule has 1 rings (SSSR count). The molecular formula is C12H18N2O4S. The smallest absolute Gasteiger partial charge is 0.255 e. The van der Waals surface area contributed by atoms with Gasteiger partial charge in [0.15, 0.2) is 0 Å². The second-order valence-corrected chi connectivity index (χ2v) is 5.58. The van der Waals surface area contributed by atoms with E-state index in [1.807, 2.05) is 6.92 Å². The Labute approximate surface area is 113 Å². The standard InChI is InChI=1S/C12H18N2O4S/c1-3-4-7-14-12(15)10-8-9(19(13,16)17)5-6-11(10)18-2/h5-6,8H,3-4,7H2,1-2H3,(H,14,15)(H2,13,16,17). The van der Waals surface area contributed by atoms with Gasteiger partial charge in [0.1, 0.15) is 5.75 Å². The van der Waals surface area contributed by atoms with E-state index in [1.165, 1.54) is 25.3 Å². The topological polar surface area (TPSA) is 98.5 Å². The number of hydrogen-bond donors (Lipinski definition) is 2. The maximum atomic E-state index is 12.0. The van der Waals surface area contributed by atoms with E-state index in [0.717, 1.165) is 12.8 Å². The Balaban J connectivity index is 3.06. The average molecular weight is 286 g/mol. The number of nitrogens with one attached hydrogen (secondary N) is 1. The summed E-state index contributed by atoms with van der Waals surface area (Å²) in [5.41, 5.74) is 0.158. The number of unbranched alkanes of at least 4 members (excludes halogenated alkanes) is 1. The number of carbonyl (C=O) groups excluding carboxylic acids is 1. The molecule has 0 unspecified atom stereocenters. The molecule has 106 valence electrons. The van der Waals surface area contributed by atoms with E-state index in [9.17, 15) is 13.2 Å². The minimum atomic E-state index is -3.84. The van der Waals surface area contributed by atoms with Crippen molar-refractivity contribution in [2.75, 3.05) is 13.7 Å². The highest BCUT2D eigenvalue weighted by Gasteiger charge is 2.16. The van der Waals surface area contributed by atoms with Gasteiger partial charge in [-0.25, -0.2) is 13.6 Å². The molecule has 0 aromatic heterocycles. The lowest BCUT2D eigenvalue weighted by Gasteiger charge is -2.10. The molecule has 0 aliphatic rings. The lowest BCUT2D eigenvalue weighted by atomic mass is 10.2. The van der Waals surface area contributed by atoms with Crippen LogP contribution in [-0.4, -0.2) is 28.0 Å². The minimum absolute atomic E-state index is 0.117. The molecule has 0 saturated carbocycles. The predicted molar refractivity (Wildman–Crippen MR) is 71.6 cm³/mol. The zero-order valence-corrected chi connectivity index (χ0v) is 11.8. The van der Waals surface area contributed by atoms with E-state index in [0.29, 0.717) is 12.3 Å². The first kappa shape index (κ1) is 15.5. The zero-order valence-electron chi connectivity index (χ0n) is 11.0. The van der Waals surface area contributed by atoms with Crippen LogP contribution in [0, 0.1) is 0 Å². The van der Waals surface area contributed by atoms with Crippen LogP contribution in [0.2, 0.25) is 0 Å². The van der Waals surface area contributed by atoms with Crippen molar-refractivity contribution in [3.05, 3.63) is 23.8 Å². The van der Waals surface area contributed by atoms with Crippen molar-refractivity contribution in [1.29, 1.82) is 0 Å². The van der Waals surface area contributed by atoms with Crippen LogP contribution < -0.4 is 15.2 Å². The summed E-state index contributed by atoms with van der Waals surface area (Å²) >= 11 is 0. The fourth-order valence-electron chi connectivity index (χ4n) is 1.52. The number of ether oxygens (including phenoxy) is 1. The Bertz CT molecular complexity index is 555. The molecule has 0 atom stereocenters. The normalized spacial score (nSPS) is 11.1. The SMILES string of the molecule is CCCCNC(=O)c1cc(S(N)(=O)=O)ccc1OC. The molecule has 7 heteroatoms. The van der Waals surface area contributed by atoms with Crippen LogP contribution in [0.5, 0.6) is 5.75 Å². The Morgan fingerprint density at radius 3 is 2.63 bits per heavy atom. The first-order chi connectivity index (χ1) is 8.90. The summed E-state index contributed by atoms with van der Waals surface area (Å²) in [7, 11) is -2.43. The molecule has 0 spiro atoms. The van der Waals surface area contributed by atoms with E-state index in [1.54, 1.807) is 0 Å². The number of hydrogen-bond acceptors (Lipinski definition) is 4. The van der Waals surface area contributed by atoms with Gasteiger partial charge in [0.2, 0.25) is 10.0 Å². The summed E-state index contributed by atoms with van der Waals surface area (Å²) in [6, 6.07) is 3.93. The van der Waals surface area contributed by atoms with Crippen molar-refractivity contribution in [3.8, 4) is 5.75 Å². The van der Waals surface area contributed by atoms with Gasteiger partial charge in [-0.3, -0.25) is 4.79 Å². The third-order valence-corrected chi connectivity index (χ3v) is 3.47. The molecule has 0 bridgehead atoms. The second kappa shape index (κ2) is 6.53. The molecule has 0 radical (unpaired) electrons. The first-order valence-electron chi connectivity index (χ1n) is 5.89. The number of benzene rings is 1. The summed E-state index contributed by atoms with van der Waals surface area (Å²) in [5.74, 6) is -0.0720. The van der Waals surface area contributed by atoms with Crippen LogP contribution in [0.3, 0.4) is 0 Å². The number of sulfonamides is 1. The molecule has 1 aromatic rings. The molecule has 0 aliphatic carbocycles. The van der Waals surface area contributed by atoms with Gasteiger partial charge < -0.3 is 10.1 Å². The molecule has 0 heterocycles. The molecule has 0 saturated heterocycles. The highest BCUT2D eigenvalue weighted by Crippen LogP contribution is 2.21. The second-order valence-electron chi connectivity index (χ2n) is 4.02. The van der Waals surface area contributed by atoms with E-state index >= 15 is 0 Å². The van der Waals surface area contributed by atoms with Crippen molar-refractivity contribution < 1.29 is 17.9 Å². The Hall–Kier alpha value is -1.60. The van der Waals surface area contributed by atoms with E-state index in [-0.39, 0.29) is 16.4 Å². The molecule has 0 aliphatic heterocycles. The van der Waals surface area contributed by atoms with Crippen LogP contribution >= 0.6 is 0 Å². The van der Waals surface area contributed by atoms with Crippen molar-refractivity contribution in [2.45, 2.75) is 24.7 Å². The fraction of sp³-hybridized carbons (Fsp3) is 0.417. The number of rotatable bonds is 6. The lowest BCUT2D eigenvalue weighted by Crippen LogP contribution is -2.25. The number of amides is 1. The van der Waals surface area contributed by atoms with Gasteiger partial charge in [-0.15, -0.1) is 0 Å². The van der Waals surface area contributed by atoms with Gasteiger partial charge in [-0.1, -0.05) is 13.3 Å². The molecule has 3 N–H and O–H groups in total. The Morgan fingerprint density at radius 1 is 1.42 bits per heavy atom. The Kier molecular flexibility index (Phi) is 5.31. The largest absolute Gasteiger partial charge is 0.496 e.